The Hall–Kier alpha value is -0.640. The summed E-state index contributed by atoms with van der Waals surface area (Å²) in [7, 11) is -3.81. The molecule has 0 amide bonds. The fourth-order valence-electron chi connectivity index (χ4n) is 2.48. The van der Waals surface area contributed by atoms with Gasteiger partial charge in [0.1, 0.15) is 0 Å². The lowest BCUT2D eigenvalue weighted by molar-refractivity contribution is 0.309. The predicted octanol–water partition coefficient (Wildman–Crippen LogP) is 2.55. The molecule has 116 valence electrons. The SMILES string of the molecule is N/C(=N/O)C1(NS(=O)(=O)c2cc(Br)ccc2Br)CCCC1. The van der Waals surface area contributed by atoms with Crippen molar-refractivity contribution in [3.8, 4) is 0 Å². The van der Waals surface area contributed by atoms with E-state index in [0.717, 1.165) is 12.8 Å². The summed E-state index contributed by atoms with van der Waals surface area (Å²) in [6.07, 6.45) is 2.65. The van der Waals surface area contributed by atoms with E-state index >= 15 is 0 Å². The van der Waals surface area contributed by atoms with Crippen LogP contribution >= 0.6 is 31.9 Å². The fraction of sp³-hybridized carbons (Fsp3) is 0.417. The molecule has 0 aromatic heterocycles. The molecule has 4 N–H and O–H groups in total. The molecule has 1 saturated carbocycles. The van der Waals surface area contributed by atoms with Crippen molar-refractivity contribution < 1.29 is 13.6 Å². The average Bonchev–Trinajstić information content (AvgIpc) is 2.89. The van der Waals surface area contributed by atoms with Gasteiger partial charge in [0.15, 0.2) is 5.84 Å². The molecule has 1 aromatic carbocycles. The number of hydrogen-bond acceptors (Lipinski definition) is 4. The number of benzene rings is 1. The maximum Gasteiger partial charge on any atom is 0.242 e. The highest BCUT2D eigenvalue weighted by Gasteiger charge is 2.42. The van der Waals surface area contributed by atoms with Gasteiger partial charge in [0.05, 0.1) is 10.4 Å². The van der Waals surface area contributed by atoms with Gasteiger partial charge in [-0.25, -0.2) is 8.42 Å². The average molecular weight is 441 g/mol. The van der Waals surface area contributed by atoms with Crippen LogP contribution in [-0.2, 0) is 10.0 Å². The molecule has 1 aliphatic carbocycles. The van der Waals surface area contributed by atoms with Crippen molar-refractivity contribution in [1.29, 1.82) is 0 Å². The van der Waals surface area contributed by atoms with Crippen LogP contribution in [0.15, 0.2) is 37.2 Å². The standard InChI is InChI=1S/C12H15Br2N3O3S/c13-8-3-4-9(14)10(7-8)21(19,20)17-12(11(15)16-18)5-1-2-6-12/h3-4,7,17-18H,1-2,5-6H2,(H2,15,16). The van der Waals surface area contributed by atoms with Crippen molar-refractivity contribution in [3.05, 3.63) is 27.1 Å². The first-order chi connectivity index (χ1) is 9.81. The largest absolute Gasteiger partial charge is 0.409 e. The molecule has 9 heteroatoms. The molecular weight excluding hydrogens is 426 g/mol. The van der Waals surface area contributed by atoms with Crippen LogP contribution in [0.2, 0.25) is 0 Å². The molecule has 21 heavy (non-hydrogen) atoms. The van der Waals surface area contributed by atoms with E-state index in [1.54, 1.807) is 12.1 Å². The molecule has 0 aliphatic heterocycles. The van der Waals surface area contributed by atoms with E-state index in [0.29, 0.717) is 21.8 Å². The Balaban J connectivity index is 2.42. The van der Waals surface area contributed by atoms with Crippen LogP contribution in [0.5, 0.6) is 0 Å². The second-order valence-corrected chi connectivity index (χ2v) is 8.38. The minimum Gasteiger partial charge on any atom is -0.409 e. The van der Waals surface area contributed by atoms with Crippen LogP contribution in [0.25, 0.3) is 0 Å². The number of halogens is 2. The number of nitrogens with two attached hydrogens (primary N) is 1. The summed E-state index contributed by atoms with van der Waals surface area (Å²) >= 11 is 6.49. The number of nitrogens with zero attached hydrogens (tertiary/aromatic N) is 1. The lowest BCUT2D eigenvalue weighted by Gasteiger charge is -2.28. The number of sulfonamides is 1. The predicted molar refractivity (Wildman–Crippen MR) is 86.8 cm³/mol. The highest BCUT2D eigenvalue weighted by atomic mass is 79.9. The Morgan fingerprint density at radius 1 is 1.33 bits per heavy atom. The Kier molecular flexibility index (Phi) is 4.96. The van der Waals surface area contributed by atoms with E-state index in [9.17, 15) is 8.42 Å². The van der Waals surface area contributed by atoms with Crippen LogP contribution in [0.3, 0.4) is 0 Å². The van der Waals surface area contributed by atoms with Gasteiger partial charge in [0, 0.05) is 8.95 Å². The monoisotopic (exact) mass is 439 g/mol. The molecule has 2 rings (SSSR count). The van der Waals surface area contributed by atoms with Crippen molar-refractivity contribution in [2.24, 2.45) is 10.9 Å². The molecule has 1 aromatic rings. The van der Waals surface area contributed by atoms with E-state index in [4.69, 9.17) is 10.9 Å². The molecular formula is C12H15Br2N3O3S. The molecule has 0 heterocycles. The topological polar surface area (TPSA) is 105 Å². The third-order valence-electron chi connectivity index (χ3n) is 3.57. The third-order valence-corrected chi connectivity index (χ3v) is 6.59. The quantitative estimate of drug-likeness (QED) is 0.289. The van der Waals surface area contributed by atoms with Crippen molar-refractivity contribution >= 4 is 47.7 Å². The lowest BCUT2D eigenvalue weighted by atomic mass is 9.98. The summed E-state index contributed by atoms with van der Waals surface area (Å²) in [6, 6.07) is 4.88. The van der Waals surface area contributed by atoms with Crippen LogP contribution in [0.4, 0.5) is 0 Å². The van der Waals surface area contributed by atoms with Crippen LogP contribution in [0, 0.1) is 0 Å². The van der Waals surface area contributed by atoms with Crippen molar-refractivity contribution in [2.75, 3.05) is 0 Å². The first kappa shape index (κ1) is 16.7. The third kappa shape index (κ3) is 3.41. The minimum atomic E-state index is -3.81. The summed E-state index contributed by atoms with van der Waals surface area (Å²) in [5.41, 5.74) is 4.70. The van der Waals surface area contributed by atoms with Crippen molar-refractivity contribution in [2.45, 2.75) is 36.1 Å². The zero-order chi connectivity index (χ0) is 15.7. The van der Waals surface area contributed by atoms with Gasteiger partial charge in [-0.15, -0.1) is 0 Å². The zero-order valence-electron chi connectivity index (χ0n) is 11.0. The van der Waals surface area contributed by atoms with Gasteiger partial charge in [-0.1, -0.05) is 33.9 Å². The number of oxime groups is 1. The number of amidine groups is 1. The van der Waals surface area contributed by atoms with E-state index in [1.807, 2.05) is 0 Å². The molecule has 0 saturated heterocycles. The van der Waals surface area contributed by atoms with E-state index in [2.05, 4.69) is 41.7 Å². The Morgan fingerprint density at radius 2 is 1.95 bits per heavy atom. The molecule has 0 spiro atoms. The molecule has 6 nitrogen and oxygen atoms in total. The molecule has 0 atom stereocenters. The van der Waals surface area contributed by atoms with Gasteiger partial charge < -0.3 is 10.9 Å². The summed E-state index contributed by atoms with van der Waals surface area (Å²) < 4.78 is 29.0. The molecule has 1 fully saturated rings. The maximum atomic E-state index is 12.6. The molecule has 0 bridgehead atoms. The first-order valence-electron chi connectivity index (χ1n) is 6.28. The van der Waals surface area contributed by atoms with Gasteiger partial charge >= 0.3 is 0 Å². The Labute approximate surface area is 140 Å². The summed E-state index contributed by atoms with van der Waals surface area (Å²) in [4.78, 5) is 0.105. The van der Waals surface area contributed by atoms with E-state index < -0.39 is 15.6 Å². The zero-order valence-corrected chi connectivity index (χ0v) is 15.0. The highest BCUT2D eigenvalue weighted by molar-refractivity contribution is 9.11. The summed E-state index contributed by atoms with van der Waals surface area (Å²) in [5.74, 6) is -0.102. The van der Waals surface area contributed by atoms with E-state index in [-0.39, 0.29) is 10.7 Å². The minimum absolute atomic E-state index is 0.102. The smallest absolute Gasteiger partial charge is 0.242 e. The van der Waals surface area contributed by atoms with Crippen molar-refractivity contribution in [3.63, 3.8) is 0 Å². The molecule has 0 unspecified atom stereocenters. The number of hydrogen-bond donors (Lipinski definition) is 3. The lowest BCUT2D eigenvalue weighted by Crippen LogP contribution is -2.55. The fourth-order valence-corrected chi connectivity index (χ4v) is 5.42. The van der Waals surface area contributed by atoms with Crippen LogP contribution < -0.4 is 10.5 Å². The summed E-state index contributed by atoms with van der Waals surface area (Å²) in [5, 5.41) is 11.9. The van der Waals surface area contributed by atoms with Crippen LogP contribution in [-0.4, -0.2) is 25.0 Å². The Bertz CT molecular complexity index is 670. The summed E-state index contributed by atoms with van der Waals surface area (Å²) in [6.45, 7) is 0. The highest BCUT2D eigenvalue weighted by Crippen LogP contribution is 2.33. The normalized spacial score (nSPS) is 18.9. The van der Waals surface area contributed by atoms with E-state index in [1.165, 1.54) is 6.07 Å². The van der Waals surface area contributed by atoms with Gasteiger partial charge in [0.2, 0.25) is 10.0 Å². The van der Waals surface area contributed by atoms with Crippen LogP contribution in [0.1, 0.15) is 25.7 Å². The van der Waals surface area contributed by atoms with Gasteiger partial charge in [0.25, 0.3) is 0 Å². The number of nitrogens with one attached hydrogen (secondary N) is 1. The van der Waals surface area contributed by atoms with Gasteiger partial charge in [-0.2, -0.15) is 4.72 Å². The maximum absolute atomic E-state index is 12.6. The molecule has 0 radical (unpaired) electrons. The second kappa shape index (κ2) is 6.23. The van der Waals surface area contributed by atoms with Gasteiger partial charge in [-0.05, 0) is 47.0 Å². The second-order valence-electron chi connectivity index (χ2n) is 4.95. The van der Waals surface area contributed by atoms with Crippen molar-refractivity contribution in [1.82, 2.24) is 4.72 Å². The molecule has 1 aliphatic rings. The Morgan fingerprint density at radius 3 is 2.52 bits per heavy atom. The van der Waals surface area contributed by atoms with Gasteiger partial charge in [-0.3, -0.25) is 0 Å². The first-order valence-corrected chi connectivity index (χ1v) is 9.35. The number of rotatable bonds is 4.